The molecule has 1 aromatic heterocycles. The Balaban J connectivity index is 1.21. The van der Waals surface area contributed by atoms with E-state index < -0.39 is 30.0 Å². The van der Waals surface area contributed by atoms with Gasteiger partial charge in [0.15, 0.2) is 0 Å². The maximum absolute atomic E-state index is 14.1. The molecule has 0 bridgehead atoms. The van der Waals surface area contributed by atoms with Gasteiger partial charge in [0.25, 0.3) is 17.7 Å². The third-order valence-corrected chi connectivity index (χ3v) is 9.92. The van der Waals surface area contributed by atoms with Gasteiger partial charge in [0.1, 0.15) is 22.8 Å². The molecule has 2 saturated heterocycles. The molecule has 45 heavy (non-hydrogen) atoms. The second-order valence-electron chi connectivity index (χ2n) is 11.7. The maximum atomic E-state index is 14.1. The van der Waals surface area contributed by atoms with E-state index in [2.05, 4.69) is 4.98 Å². The van der Waals surface area contributed by atoms with Crippen LogP contribution in [0.25, 0.3) is 0 Å². The van der Waals surface area contributed by atoms with Crippen molar-refractivity contribution in [3.05, 3.63) is 81.3 Å². The molecule has 4 aliphatic rings. The van der Waals surface area contributed by atoms with E-state index in [0.717, 1.165) is 5.56 Å². The predicted molar refractivity (Wildman–Crippen MR) is 161 cm³/mol. The Hall–Kier alpha value is -4.78. The van der Waals surface area contributed by atoms with Crippen LogP contribution in [0, 0.1) is 0 Å². The van der Waals surface area contributed by atoms with Gasteiger partial charge in [0, 0.05) is 31.6 Å². The quantitative estimate of drug-likeness (QED) is 0.410. The molecule has 0 radical (unpaired) electrons. The lowest BCUT2D eigenvalue weighted by Crippen LogP contribution is -2.53. The lowest BCUT2D eigenvalue weighted by atomic mass is 9.90. The molecule has 3 atom stereocenters. The van der Waals surface area contributed by atoms with Crippen LogP contribution in [0.3, 0.4) is 0 Å². The topological polar surface area (TPSA) is 141 Å². The number of likely N-dealkylation sites (tertiary alicyclic amines) is 2. The Labute approximate surface area is 262 Å². The summed E-state index contributed by atoms with van der Waals surface area (Å²) in [5.74, 6) is -0.799. The van der Waals surface area contributed by atoms with Crippen LogP contribution < -0.4 is 4.74 Å². The van der Waals surface area contributed by atoms with E-state index in [9.17, 15) is 29.1 Å². The summed E-state index contributed by atoms with van der Waals surface area (Å²) in [6.45, 7) is 1.36. The number of hydrogen-bond donors (Lipinski definition) is 1. The van der Waals surface area contributed by atoms with Crippen LogP contribution in [-0.4, -0.2) is 104 Å². The molecular formula is C32H31N5O7S. The normalized spacial score (nSPS) is 22.5. The Kier molecular flexibility index (Phi) is 7.48. The van der Waals surface area contributed by atoms with Crippen LogP contribution in [-0.2, 0) is 11.2 Å². The molecule has 12 nitrogen and oxygen atoms in total. The van der Waals surface area contributed by atoms with E-state index in [0.29, 0.717) is 72.6 Å². The van der Waals surface area contributed by atoms with Gasteiger partial charge in [-0.2, -0.15) is 0 Å². The van der Waals surface area contributed by atoms with Crippen molar-refractivity contribution in [2.75, 3.05) is 32.7 Å². The molecule has 7 rings (SSSR count). The van der Waals surface area contributed by atoms with E-state index in [1.807, 2.05) is 18.2 Å². The molecule has 13 heteroatoms. The molecule has 0 saturated carbocycles. The fourth-order valence-corrected chi connectivity index (χ4v) is 7.57. The summed E-state index contributed by atoms with van der Waals surface area (Å²) in [4.78, 5) is 76.3. The minimum absolute atomic E-state index is 0.0986. The number of imide groups is 1. The Bertz CT molecular complexity index is 1660. The monoisotopic (exact) mass is 629 g/mol. The number of carboxylic acid groups (broad SMARTS) is 1. The number of aromatic nitrogens is 1. The van der Waals surface area contributed by atoms with Crippen molar-refractivity contribution in [2.45, 2.75) is 43.9 Å². The van der Waals surface area contributed by atoms with Crippen LogP contribution in [0.15, 0.2) is 54.2 Å². The van der Waals surface area contributed by atoms with Crippen molar-refractivity contribution in [3.63, 3.8) is 0 Å². The summed E-state index contributed by atoms with van der Waals surface area (Å²) < 4.78 is 6.56. The summed E-state index contributed by atoms with van der Waals surface area (Å²) in [6.07, 6.45) is 2.17. The fourth-order valence-electron chi connectivity index (χ4n) is 6.98. The minimum atomic E-state index is -1.15. The van der Waals surface area contributed by atoms with Crippen LogP contribution in [0.2, 0.25) is 0 Å². The zero-order valence-corrected chi connectivity index (χ0v) is 25.1. The second kappa shape index (κ2) is 11.6. The average Bonchev–Trinajstić information content (AvgIpc) is 3.87. The third-order valence-electron chi connectivity index (χ3n) is 9.16. The summed E-state index contributed by atoms with van der Waals surface area (Å²) in [5.41, 5.74) is 3.86. The minimum Gasteiger partial charge on any atom is -0.488 e. The molecule has 5 amide bonds. The van der Waals surface area contributed by atoms with Crippen molar-refractivity contribution in [1.29, 1.82) is 0 Å². The maximum Gasteiger partial charge on any atom is 0.407 e. The lowest BCUT2D eigenvalue weighted by molar-refractivity contribution is -0.138. The van der Waals surface area contributed by atoms with E-state index in [1.54, 1.807) is 45.8 Å². The average molecular weight is 630 g/mol. The van der Waals surface area contributed by atoms with Gasteiger partial charge in [-0.15, -0.1) is 11.3 Å². The smallest absolute Gasteiger partial charge is 0.407 e. The van der Waals surface area contributed by atoms with Gasteiger partial charge in [-0.1, -0.05) is 24.3 Å². The van der Waals surface area contributed by atoms with E-state index in [1.165, 1.54) is 21.1 Å². The highest BCUT2D eigenvalue weighted by Crippen LogP contribution is 2.40. The second-order valence-corrected chi connectivity index (χ2v) is 12.6. The van der Waals surface area contributed by atoms with Crippen molar-refractivity contribution in [1.82, 2.24) is 24.6 Å². The number of benzene rings is 2. The molecule has 232 valence electrons. The third kappa shape index (κ3) is 5.10. The van der Waals surface area contributed by atoms with Gasteiger partial charge in [-0.05, 0) is 43.0 Å². The largest absolute Gasteiger partial charge is 0.488 e. The number of fused-ring (bicyclic) bond motifs is 2. The van der Waals surface area contributed by atoms with Crippen LogP contribution in [0.1, 0.15) is 66.8 Å². The van der Waals surface area contributed by atoms with Gasteiger partial charge < -0.3 is 19.6 Å². The predicted octanol–water partition coefficient (Wildman–Crippen LogP) is 3.30. The SMILES string of the molecule is O=C(c1cncs1)N1CCC(Oc2cccc3c2[C@@H](CN2C(=O)c4ccccc4C2=O)N(C(=O)C2CCCN2C(=O)O)CC3)C1. The number of carbonyl (C=O) groups excluding carboxylic acids is 4. The Morgan fingerprint density at radius 1 is 0.956 bits per heavy atom. The van der Waals surface area contributed by atoms with Gasteiger partial charge in [0.2, 0.25) is 5.91 Å². The lowest BCUT2D eigenvalue weighted by Gasteiger charge is -2.41. The van der Waals surface area contributed by atoms with Gasteiger partial charge >= 0.3 is 6.09 Å². The molecule has 3 aromatic rings. The summed E-state index contributed by atoms with van der Waals surface area (Å²) in [5, 5.41) is 9.79. The van der Waals surface area contributed by atoms with Crippen LogP contribution in [0.5, 0.6) is 5.75 Å². The van der Waals surface area contributed by atoms with E-state index >= 15 is 0 Å². The van der Waals surface area contributed by atoms with Crippen LogP contribution in [0.4, 0.5) is 4.79 Å². The number of carbonyl (C=O) groups is 5. The van der Waals surface area contributed by atoms with Gasteiger partial charge in [-0.25, -0.2) is 4.79 Å². The molecule has 1 N–H and O–H groups in total. The first kappa shape index (κ1) is 29.0. The van der Waals surface area contributed by atoms with E-state index in [-0.39, 0.29) is 31.0 Å². The highest BCUT2D eigenvalue weighted by Gasteiger charge is 2.45. The molecule has 4 aliphatic heterocycles. The molecule has 0 spiro atoms. The molecule has 2 aromatic carbocycles. The highest BCUT2D eigenvalue weighted by atomic mass is 32.1. The molecule has 2 fully saturated rings. The first-order chi connectivity index (χ1) is 21.8. The Morgan fingerprint density at radius 2 is 1.73 bits per heavy atom. The molecular weight excluding hydrogens is 598 g/mol. The molecule has 5 heterocycles. The highest BCUT2D eigenvalue weighted by molar-refractivity contribution is 7.11. The molecule has 0 aliphatic carbocycles. The first-order valence-corrected chi connectivity index (χ1v) is 15.9. The van der Waals surface area contributed by atoms with Gasteiger partial charge in [0.05, 0.1) is 42.0 Å². The number of nitrogens with zero attached hydrogens (tertiary/aromatic N) is 5. The van der Waals surface area contributed by atoms with Crippen LogP contribution >= 0.6 is 11.3 Å². The van der Waals surface area contributed by atoms with Crippen molar-refractivity contribution >= 4 is 41.1 Å². The summed E-state index contributed by atoms with van der Waals surface area (Å²) in [7, 11) is 0. The standard InChI is InChI=1S/C32H31N5O7S/c38-28-21-6-1-2-7-22(21)29(39)37(28)17-24-27-19(10-14-35(24)30(40)23-8-4-12-36(23)32(42)43)5-3-9-25(27)44-20-11-13-34(16-20)31(41)26-15-33-18-45-26/h1-3,5-7,9,15,18,20,23-24H,4,8,10-14,16-17H2,(H,42,43)/t20?,23?,24-/m1/s1. The zero-order chi connectivity index (χ0) is 31.2. The fraction of sp³-hybridized carbons (Fsp3) is 0.375. The first-order valence-electron chi connectivity index (χ1n) is 15.0. The summed E-state index contributed by atoms with van der Waals surface area (Å²) >= 11 is 1.29. The summed E-state index contributed by atoms with van der Waals surface area (Å²) in [6, 6.07) is 10.7. The number of rotatable bonds is 6. The molecule has 2 unspecified atom stereocenters. The number of thiazole rings is 1. The number of ether oxygens (including phenoxy) is 1. The van der Waals surface area contributed by atoms with Crippen molar-refractivity contribution in [3.8, 4) is 5.75 Å². The van der Waals surface area contributed by atoms with Crippen molar-refractivity contribution in [2.24, 2.45) is 0 Å². The van der Waals surface area contributed by atoms with Gasteiger partial charge in [-0.3, -0.25) is 34.0 Å². The number of hydrogen-bond acceptors (Lipinski definition) is 8. The Morgan fingerprint density at radius 3 is 2.44 bits per heavy atom. The van der Waals surface area contributed by atoms with E-state index in [4.69, 9.17) is 4.74 Å². The zero-order valence-electron chi connectivity index (χ0n) is 24.3. The van der Waals surface area contributed by atoms with Crippen molar-refractivity contribution < 1.29 is 33.8 Å². The number of amides is 5.